The van der Waals surface area contributed by atoms with Crippen molar-refractivity contribution >= 4 is 27.5 Å². The van der Waals surface area contributed by atoms with Crippen molar-refractivity contribution in [3.63, 3.8) is 0 Å². The first-order chi connectivity index (χ1) is 21.0. The Morgan fingerprint density at radius 3 is 2.40 bits per heavy atom. The van der Waals surface area contributed by atoms with Gasteiger partial charge in [0.05, 0.1) is 32.8 Å². The molecule has 6 rings (SSSR count). The Kier molecular flexibility index (Phi) is 8.31. The molecule has 0 spiro atoms. The Bertz CT molecular complexity index is 1840. The predicted octanol–water partition coefficient (Wildman–Crippen LogP) is 6.53. The van der Waals surface area contributed by atoms with Gasteiger partial charge >= 0.3 is 5.97 Å². The fourth-order valence-electron chi connectivity index (χ4n) is 5.82. The summed E-state index contributed by atoms with van der Waals surface area (Å²) in [6.45, 7) is 4.60. The second kappa shape index (κ2) is 12.5. The molecule has 0 amide bonds. The van der Waals surface area contributed by atoms with E-state index in [0.717, 1.165) is 57.4 Å². The van der Waals surface area contributed by atoms with Crippen molar-refractivity contribution in [2.45, 2.75) is 33.0 Å². The van der Waals surface area contributed by atoms with Gasteiger partial charge in [0.2, 0.25) is 5.43 Å². The number of thiophene rings is 1. The van der Waals surface area contributed by atoms with Crippen LogP contribution in [-0.4, -0.2) is 42.8 Å². The van der Waals surface area contributed by atoms with Crippen molar-refractivity contribution in [1.82, 2.24) is 9.47 Å². The van der Waals surface area contributed by atoms with Gasteiger partial charge in [0.15, 0.2) is 0 Å². The van der Waals surface area contributed by atoms with E-state index < -0.39 is 5.97 Å². The van der Waals surface area contributed by atoms with Crippen molar-refractivity contribution in [3.8, 4) is 21.9 Å². The molecule has 220 valence electrons. The van der Waals surface area contributed by atoms with Crippen LogP contribution in [0.25, 0.3) is 20.7 Å². The molecule has 0 atom stereocenters. The van der Waals surface area contributed by atoms with E-state index in [-0.39, 0.29) is 17.6 Å². The van der Waals surface area contributed by atoms with E-state index in [9.17, 15) is 9.59 Å². The van der Waals surface area contributed by atoms with Gasteiger partial charge in [-0.05, 0) is 65.9 Å². The van der Waals surface area contributed by atoms with Crippen LogP contribution in [0.15, 0.2) is 83.8 Å². The zero-order valence-corrected chi connectivity index (χ0v) is 25.4. The van der Waals surface area contributed by atoms with Crippen molar-refractivity contribution < 1.29 is 19.0 Å². The molecule has 2 aromatic heterocycles. The highest BCUT2D eigenvalue weighted by Crippen LogP contribution is 2.40. The first kappa shape index (κ1) is 28.7. The summed E-state index contributed by atoms with van der Waals surface area (Å²) in [5.74, 6) is 0.892. The number of aromatic nitrogens is 1. The summed E-state index contributed by atoms with van der Waals surface area (Å²) in [6.07, 6.45) is 2.59. The molecule has 0 bridgehead atoms. The lowest BCUT2D eigenvalue weighted by atomic mass is 9.98. The number of carbonyl (C=O) groups is 1. The van der Waals surface area contributed by atoms with Crippen LogP contribution in [0.2, 0.25) is 0 Å². The molecule has 3 aromatic carbocycles. The van der Waals surface area contributed by atoms with Crippen LogP contribution in [0.5, 0.6) is 11.5 Å². The lowest BCUT2D eigenvalue weighted by Gasteiger charge is -2.29. The van der Waals surface area contributed by atoms with Gasteiger partial charge in [0, 0.05) is 36.3 Å². The fourth-order valence-corrected chi connectivity index (χ4v) is 7.11. The second-order valence-electron chi connectivity index (χ2n) is 10.6. The third-order valence-electron chi connectivity index (χ3n) is 7.98. The molecule has 0 N–H and O–H groups in total. The van der Waals surface area contributed by atoms with Crippen molar-refractivity contribution in [2.75, 3.05) is 27.4 Å². The van der Waals surface area contributed by atoms with Gasteiger partial charge in [-0.2, -0.15) is 0 Å². The Labute approximate surface area is 254 Å². The summed E-state index contributed by atoms with van der Waals surface area (Å²) in [7, 11) is 3.29. The molecule has 5 aromatic rings. The molecular formula is C35H34N2O5S. The average Bonchev–Trinajstić information content (AvgIpc) is 3.42. The predicted molar refractivity (Wildman–Crippen MR) is 170 cm³/mol. The Morgan fingerprint density at radius 1 is 0.907 bits per heavy atom. The van der Waals surface area contributed by atoms with Gasteiger partial charge in [-0.1, -0.05) is 42.5 Å². The smallest absolute Gasteiger partial charge is 0.343 e. The van der Waals surface area contributed by atoms with E-state index in [1.807, 2.05) is 53.1 Å². The monoisotopic (exact) mass is 594 g/mol. The number of para-hydroxylation sites is 1. The fraction of sp³-hybridized carbons (Fsp3) is 0.257. The number of fused-ring (bicyclic) bond motifs is 2. The summed E-state index contributed by atoms with van der Waals surface area (Å²) in [4.78, 5) is 31.5. The highest BCUT2D eigenvalue weighted by Gasteiger charge is 2.26. The van der Waals surface area contributed by atoms with Gasteiger partial charge in [0.25, 0.3) is 0 Å². The first-order valence-electron chi connectivity index (χ1n) is 14.4. The van der Waals surface area contributed by atoms with Gasteiger partial charge < -0.3 is 18.8 Å². The van der Waals surface area contributed by atoms with Crippen molar-refractivity contribution in [2.24, 2.45) is 0 Å². The molecule has 0 aliphatic carbocycles. The molecule has 43 heavy (non-hydrogen) atoms. The first-order valence-corrected chi connectivity index (χ1v) is 15.2. The maximum absolute atomic E-state index is 14.2. The van der Waals surface area contributed by atoms with E-state index in [1.54, 1.807) is 38.7 Å². The van der Waals surface area contributed by atoms with Gasteiger partial charge in [0.1, 0.15) is 21.9 Å². The lowest BCUT2D eigenvalue weighted by Crippen LogP contribution is -2.30. The summed E-state index contributed by atoms with van der Waals surface area (Å²) in [6, 6.07) is 24.3. The van der Waals surface area contributed by atoms with E-state index in [2.05, 4.69) is 29.2 Å². The van der Waals surface area contributed by atoms with Crippen LogP contribution in [0.3, 0.4) is 0 Å². The molecule has 0 radical (unpaired) electrons. The maximum atomic E-state index is 14.2. The van der Waals surface area contributed by atoms with Crippen LogP contribution in [0, 0.1) is 0 Å². The number of pyridine rings is 1. The molecule has 0 saturated carbocycles. The number of nitrogens with zero attached hydrogens (tertiary/aromatic N) is 2. The standard InChI is InChI=1S/C35H34N2O5S/c1-4-42-35(39)29-22-37(20-26-11-7-8-12-30(26)41-3)34-31(32(29)38)28(33(43-34)24-13-15-27(40-2)16-14-24)21-36-18-17-23-9-5-6-10-25(23)19-36/h5-16,22H,4,17-21H2,1-3H3. The number of rotatable bonds is 9. The SMILES string of the molecule is CCOC(=O)c1cn(Cc2ccccc2OC)c2sc(-c3ccc(OC)cc3)c(CN3CCc4ccccc4C3)c2c1=O. The van der Waals surface area contributed by atoms with E-state index in [1.165, 1.54) is 11.1 Å². The molecular weight excluding hydrogens is 560 g/mol. The maximum Gasteiger partial charge on any atom is 0.343 e. The minimum Gasteiger partial charge on any atom is -0.497 e. The molecule has 8 heteroatoms. The van der Waals surface area contributed by atoms with Crippen LogP contribution >= 0.6 is 11.3 Å². The molecule has 0 unspecified atom stereocenters. The normalized spacial score (nSPS) is 13.1. The molecule has 7 nitrogen and oxygen atoms in total. The van der Waals surface area contributed by atoms with Crippen LogP contribution in [-0.2, 0) is 30.8 Å². The lowest BCUT2D eigenvalue weighted by molar-refractivity contribution is 0.0524. The number of hydrogen-bond acceptors (Lipinski definition) is 7. The van der Waals surface area contributed by atoms with Gasteiger partial charge in [-0.15, -0.1) is 11.3 Å². The summed E-state index contributed by atoms with van der Waals surface area (Å²) >= 11 is 1.57. The Morgan fingerprint density at radius 2 is 1.65 bits per heavy atom. The minimum absolute atomic E-state index is 0.0357. The highest BCUT2D eigenvalue weighted by atomic mass is 32.1. The number of hydrogen-bond donors (Lipinski definition) is 0. The van der Waals surface area contributed by atoms with Crippen LogP contribution in [0.4, 0.5) is 0 Å². The van der Waals surface area contributed by atoms with E-state index in [4.69, 9.17) is 14.2 Å². The minimum atomic E-state index is -0.613. The molecule has 3 heterocycles. The number of esters is 1. The molecule has 1 aliphatic heterocycles. The van der Waals surface area contributed by atoms with Crippen molar-refractivity contribution in [1.29, 1.82) is 0 Å². The number of benzene rings is 3. The van der Waals surface area contributed by atoms with Crippen LogP contribution in [0.1, 0.15) is 39.5 Å². The van der Waals surface area contributed by atoms with Gasteiger partial charge in [-0.3, -0.25) is 9.69 Å². The summed E-state index contributed by atoms with van der Waals surface area (Å²) in [5, 5.41) is 0.565. The van der Waals surface area contributed by atoms with Gasteiger partial charge in [-0.25, -0.2) is 4.79 Å². The van der Waals surface area contributed by atoms with E-state index >= 15 is 0 Å². The zero-order valence-electron chi connectivity index (χ0n) is 24.6. The molecule has 0 fully saturated rings. The summed E-state index contributed by atoms with van der Waals surface area (Å²) < 4.78 is 18.4. The number of ether oxygens (including phenoxy) is 3. The van der Waals surface area contributed by atoms with Crippen LogP contribution < -0.4 is 14.9 Å². The molecule has 0 saturated heterocycles. The Hall–Kier alpha value is -4.40. The zero-order chi connectivity index (χ0) is 29.9. The Balaban J connectivity index is 1.56. The summed E-state index contributed by atoms with van der Waals surface area (Å²) in [5.41, 5.74) is 5.28. The van der Waals surface area contributed by atoms with Crippen molar-refractivity contribution in [3.05, 3.63) is 117 Å². The number of carbonyl (C=O) groups excluding carboxylic acids is 1. The van der Waals surface area contributed by atoms with E-state index in [0.29, 0.717) is 18.5 Å². The topological polar surface area (TPSA) is 70.0 Å². The number of methoxy groups -OCH3 is 2. The average molecular weight is 595 g/mol. The second-order valence-corrected chi connectivity index (χ2v) is 11.6. The third kappa shape index (κ3) is 5.68. The largest absolute Gasteiger partial charge is 0.497 e. The third-order valence-corrected chi connectivity index (χ3v) is 9.30. The molecule has 1 aliphatic rings. The highest BCUT2D eigenvalue weighted by molar-refractivity contribution is 7.22. The quantitative estimate of drug-likeness (QED) is 0.181.